The fraction of sp³-hybridized carbons (Fsp3) is 1.00. The zero-order valence-electron chi connectivity index (χ0n) is 6.45. The van der Waals surface area contributed by atoms with Crippen molar-refractivity contribution in [2.75, 3.05) is 0 Å². The number of rotatable bonds is 1. The van der Waals surface area contributed by atoms with Gasteiger partial charge in [-0.25, -0.2) is 0 Å². The summed E-state index contributed by atoms with van der Waals surface area (Å²) in [4.78, 5) is 0. The number of hydrogen-bond donors (Lipinski definition) is 2. The Labute approximate surface area is 62.4 Å². The zero-order chi connectivity index (χ0) is 7.56. The third-order valence-electron chi connectivity index (χ3n) is 2.48. The maximum Gasteiger partial charge on any atom is 0.454 e. The van der Waals surface area contributed by atoms with Crippen LogP contribution in [-0.2, 0) is 0 Å². The first-order chi connectivity index (χ1) is 4.70. The summed E-state index contributed by atoms with van der Waals surface area (Å²) in [6.45, 7) is 2.22. The molecule has 1 saturated carbocycles. The second-order valence-corrected chi connectivity index (χ2v) is 3.43. The Morgan fingerprint density at radius 1 is 1.10 bits per heavy atom. The first kappa shape index (κ1) is 8.09. The Balaban J connectivity index is 2.26. The summed E-state index contributed by atoms with van der Waals surface area (Å²) in [7, 11) is -1.08. The van der Waals surface area contributed by atoms with Crippen LogP contribution in [-0.4, -0.2) is 17.2 Å². The second-order valence-electron chi connectivity index (χ2n) is 3.43. The van der Waals surface area contributed by atoms with E-state index in [1.165, 1.54) is 0 Å². The minimum atomic E-state index is -1.08. The zero-order valence-corrected chi connectivity index (χ0v) is 6.45. The molecule has 0 aromatic heterocycles. The van der Waals surface area contributed by atoms with E-state index in [9.17, 15) is 0 Å². The summed E-state index contributed by atoms with van der Waals surface area (Å²) in [6, 6.07) is 0. The van der Waals surface area contributed by atoms with Gasteiger partial charge in [0.1, 0.15) is 0 Å². The topological polar surface area (TPSA) is 40.5 Å². The van der Waals surface area contributed by atoms with Crippen LogP contribution in [0.25, 0.3) is 0 Å². The van der Waals surface area contributed by atoms with Gasteiger partial charge >= 0.3 is 7.12 Å². The molecule has 0 saturated heterocycles. The highest BCUT2D eigenvalue weighted by atomic mass is 16.4. The van der Waals surface area contributed by atoms with Gasteiger partial charge in [-0.2, -0.15) is 0 Å². The fourth-order valence-electron chi connectivity index (χ4n) is 1.58. The molecule has 0 spiro atoms. The molecule has 1 aliphatic rings. The van der Waals surface area contributed by atoms with Crippen LogP contribution in [0, 0.1) is 5.92 Å². The van der Waals surface area contributed by atoms with Gasteiger partial charge in [0.15, 0.2) is 0 Å². The highest BCUT2D eigenvalue weighted by Gasteiger charge is 2.27. The van der Waals surface area contributed by atoms with E-state index in [0.717, 1.165) is 31.6 Å². The van der Waals surface area contributed by atoms with Gasteiger partial charge < -0.3 is 10.0 Å². The SMILES string of the molecule is C[C@H]1CC[C@@H](B(O)O)CC1. The molecule has 0 amide bonds. The first-order valence-corrected chi connectivity index (χ1v) is 4.06. The van der Waals surface area contributed by atoms with Crippen molar-refractivity contribution in [3.8, 4) is 0 Å². The summed E-state index contributed by atoms with van der Waals surface area (Å²) >= 11 is 0. The van der Waals surface area contributed by atoms with Crippen LogP contribution in [0.4, 0.5) is 0 Å². The predicted octanol–water partition coefficient (Wildman–Crippen LogP) is 1.04. The van der Waals surface area contributed by atoms with Crippen LogP contribution in [0.5, 0.6) is 0 Å². The molecule has 10 heavy (non-hydrogen) atoms. The van der Waals surface area contributed by atoms with Gasteiger partial charge in [0.2, 0.25) is 0 Å². The van der Waals surface area contributed by atoms with Crippen molar-refractivity contribution in [1.82, 2.24) is 0 Å². The van der Waals surface area contributed by atoms with Crippen LogP contribution >= 0.6 is 0 Å². The molecule has 1 fully saturated rings. The minimum Gasteiger partial charge on any atom is -0.427 e. The molecule has 58 valence electrons. The highest BCUT2D eigenvalue weighted by Crippen LogP contribution is 2.32. The van der Waals surface area contributed by atoms with E-state index >= 15 is 0 Å². The lowest BCUT2D eigenvalue weighted by atomic mass is 9.63. The maximum absolute atomic E-state index is 8.82. The van der Waals surface area contributed by atoms with Crippen LogP contribution < -0.4 is 0 Å². The minimum absolute atomic E-state index is 0.149. The molecule has 0 heterocycles. The van der Waals surface area contributed by atoms with Crippen molar-refractivity contribution in [1.29, 1.82) is 0 Å². The van der Waals surface area contributed by atoms with Gasteiger partial charge in [-0.15, -0.1) is 0 Å². The van der Waals surface area contributed by atoms with Gasteiger partial charge in [-0.1, -0.05) is 32.6 Å². The highest BCUT2D eigenvalue weighted by molar-refractivity contribution is 6.43. The van der Waals surface area contributed by atoms with Gasteiger partial charge in [0, 0.05) is 0 Å². The van der Waals surface area contributed by atoms with Crippen molar-refractivity contribution in [3.63, 3.8) is 0 Å². The Morgan fingerprint density at radius 2 is 1.60 bits per heavy atom. The van der Waals surface area contributed by atoms with Gasteiger partial charge in [0.25, 0.3) is 0 Å². The standard InChI is InChI=1S/C7H15BO2/c1-6-2-4-7(5-3-6)8(9)10/h6-7,9-10H,2-5H2,1H3/t6-,7+. The quantitative estimate of drug-likeness (QED) is 0.537. The van der Waals surface area contributed by atoms with Crippen LogP contribution in [0.2, 0.25) is 5.82 Å². The molecule has 1 rings (SSSR count). The summed E-state index contributed by atoms with van der Waals surface area (Å²) in [5.74, 6) is 0.936. The molecular weight excluding hydrogens is 127 g/mol. The molecule has 1 aliphatic carbocycles. The summed E-state index contributed by atoms with van der Waals surface area (Å²) in [6.07, 6.45) is 4.28. The fourth-order valence-corrected chi connectivity index (χ4v) is 1.58. The van der Waals surface area contributed by atoms with Gasteiger partial charge in [0.05, 0.1) is 0 Å². The molecule has 0 aliphatic heterocycles. The van der Waals surface area contributed by atoms with E-state index in [-0.39, 0.29) is 5.82 Å². The molecule has 0 aromatic rings. The average molecular weight is 142 g/mol. The molecule has 0 bridgehead atoms. The average Bonchev–Trinajstić information content (AvgIpc) is 1.88. The summed E-state index contributed by atoms with van der Waals surface area (Å²) in [5.41, 5.74) is 0. The van der Waals surface area contributed by atoms with E-state index in [1.54, 1.807) is 0 Å². The van der Waals surface area contributed by atoms with Gasteiger partial charge in [-0.3, -0.25) is 0 Å². The Morgan fingerprint density at radius 3 is 2.00 bits per heavy atom. The third kappa shape index (κ3) is 1.99. The molecule has 0 atom stereocenters. The van der Waals surface area contributed by atoms with Crippen LogP contribution in [0.3, 0.4) is 0 Å². The van der Waals surface area contributed by atoms with Crippen molar-refractivity contribution in [2.45, 2.75) is 38.4 Å². The predicted molar refractivity (Wildman–Crippen MR) is 41.6 cm³/mol. The van der Waals surface area contributed by atoms with E-state index in [2.05, 4.69) is 6.92 Å². The number of hydrogen-bond acceptors (Lipinski definition) is 2. The maximum atomic E-state index is 8.82. The largest absolute Gasteiger partial charge is 0.454 e. The summed E-state index contributed by atoms with van der Waals surface area (Å²) in [5, 5.41) is 17.6. The summed E-state index contributed by atoms with van der Waals surface area (Å²) < 4.78 is 0. The van der Waals surface area contributed by atoms with Crippen molar-refractivity contribution in [3.05, 3.63) is 0 Å². The van der Waals surface area contributed by atoms with Crippen LogP contribution in [0.15, 0.2) is 0 Å². The van der Waals surface area contributed by atoms with Gasteiger partial charge in [-0.05, 0) is 11.7 Å². The lowest BCUT2D eigenvalue weighted by Crippen LogP contribution is -2.24. The van der Waals surface area contributed by atoms with Crippen molar-refractivity contribution >= 4 is 7.12 Å². The first-order valence-electron chi connectivity index (χ1n) is 4.06. The molecule has 0 unspecified atom stereocenters. The van der Waals surface area contributed by atoms with E-state index in [1.807, 2.05) is 0 Å². The smallest absolute Gasteiger partial charge is 0.427 e. The molecular formula is C7H15BO2. The van der Waals surface area contributed by atoms with Crippen molar-refractivity contribution in [2.24, 2.45) is 5.92 Å². The van der Waals surface area contributed by atoms with Crippen molar-refractivity contribution < 1.29 is 10.0 Å². The molecule has 3 heteroatoms. The molecule has 0 aromatic carbocycles. The Kier molecular flexibility index (Phi) is 2.75. The molecule has 0 radical (unpaired) electrons. The van der Waals surface area contributed by atoms with E-state index < -0.39 is 7.12 Å². The lowest BCUT2D eigenvalue weighted by Gasteiger charge is -2.24. The molecule has 2 N–H and O–H groups in total. The lowest BCUT2D eigenvalue weighted by molar-refractivity contribution is 0.317. The monoisotopic (exact) mass is 142 g/mol. The Bertz CT molecular complexity index is 97.8. The van der Waals surface area contributed by atoms with E-state index in [4.69, 9.17) is 10.0 Å². The van der Waals surface area contributed by atoms with E-state index in [0.29, 0.717) is 0 Å². The van der Waals surface area contributed by atoms with Crippen LogP contribution in [0.1, 0.15) is 32.6 Å². The third-order valence-corrected chi connectivity index (χ3v) is 2.48. The normalized spacial score (nSPS) is 33.9. The molecule has 2 nitrogen and oxygen atoms in total. The Hall–Kier alpha value is -0.0151. The second kappa shape index (κ2) is 3.40.